The molecule has 0 amide bonds. The molecule has 0 atom stereocenters. The van der Waals surface area contributed by atoms with Crippen molar-refractivity contribution >= 4 is 28.3 Å². The second-order valence-corrected chi connectivity index (χ2v) is 5.84. The van der Waals surface area contributed by atoms with Crippen LogP contribution in [-0.4, -0.2) is 11.1 Å². The molecule has 2 aromatic heterocycles. The van der Waals surface area contributed by atoms with Gasteiger partial charge in [-0.3, -0.25) is 4.79 Å². The van der Waals surface area contributed by atoms with Crippen LogP contribution < -0.4 is 5.63 Å². The number of hydrogen-bond acceptors (Lipinski definition) is 6. The molecule has 5 nitrogen and oxygen atoms in total. The normalized spacial score (nSPS) is 10.8. The minimum absolute atomic E-state index is 0.00462. The number of hydrogen-bond donors (Lipinski definition) is 1. The Labute approximate surface area is 135 Å². The van der Waals surface area contributed by atoms with Crippen molar-refractivity contribution in [2.75, 3.05) is 0 Å². The molecule has 0 bridgehead atoms. The molecule has 0 radical (unpaired) electrons. The van der Waals surface area contributed by atoms with E-state index in [-0.39, 0.29) is 30.3 Å². The maximum Gasteiger partial charge on any atom is 0.336 e. The van der Waals surface area contributed by atoms with Gasteiger partial charge in [0.05, 0.1) is 0 Å². The summed E-state index contributed by atoms with van der Waals surface area (Å²) in [6.07, 6.45) is 0.921. The summed E-state index contributed by atoms with van der Waals surface area (Å²) in [6.45, 7) is -0.00462. The molecule has 0 unspecified atom stereocenters. The first kappa shape index (κ1) is 15.3. The van der Waals surface area contributed by atoms with Gasteiger partial charge >= 0.3 is 11.6 Å². The number of ether oxygens (including phenoxy) is 1. The summed E-state index contributed by atoms with van der Waals surface area (Å²) in [5.74, 6) is -0.318. The SMILES string of the molecule is O=C(CCc1ccsc1)OCc1cc(=O)oc2cc(O)ccc12. The Kier molecular flexibility index (Phi) is 4.43. The molecule has 23 heavy (non-hydrogen) atoms. The summed E-state index contributed by atoms with van der Waals surface area (Å²) in [7, 11) is 0. The molecule has 0 saturated heterocycles. The lowest BCUT2D eigenvalue weighted by atomic mass is 10.1. The van der Waals surface area contributed by atoms with E-state index in [4.69, 9.17) is 9.15 Å². The van der Waals surface area contributed by atoms with Crippen molar-refractivity contribution in [3.8, 4) is 5.75 Å². The van der Waals surface area contributed by atoms with E-state index in [2.05, 4.69) is 0 Å². The number of thiophene rings is 1. The van der Waals surface area contributed by atoms with Gasteiger partial charge in [-0.2, -0.15) is 11.3 Å². The van der Waals surface area contributed by atoms with Crippen molar-refractivity contribution in [1.82, 2.24) is 0 Å². The third kappa shape index (κ3) is 3.78. The Morgan fingerprint density at radius 2 is 2.13 bits per heavy atom. The molecule has 0 spiro atoms. The predicted molar refractivity (Wildman–Crippen MR) is 86.6 cm³/mol. The highest BCUT2D eigenvalue weighted by molar-refractivity contribution is 7.07. The number of carbonyl (C=O) groups excluding carboxylic acids is 1. The van der Waals surface area contributed by atoms with E-state index < -0.39 is 5.63 Å². The van der Waals surface area contributed by atoms with Crippen molar-refractivity contribution in [2.45, 2.75) is 19.4 Å². The van der Waals surface area contributed by atoms with Gasteiger partial charge in [0, 0.05) is 29.5 Å². The molecule has 0 aliphatic carbocycles. The van der Waals surface area contributed by atoms with Crippen LogP contribution >= 0.6 is 11.3 Å². The van der Waals surface area contributed by atoms with Crippen LogP contribution in [0.1, 0.15) is 17.5 Å². The third-order valence-corrected chi connectivity index (χ3v) is 4.13. The highest BCUT2D eigenvalue weighted by Gasteiger charge is 2.10. The Bertz CT molecular complexity index is 880. The number of rotatable bonds is 5. The summed E-state index contributed by atoms with van der Waals surface area (Å²) < 4.78 is 10.3. The van der Waals surface area contributed by atoms with Crippen LogP contribution in [0.3, 0.4) is 0 Å². The van der Waals surface area contributed by atoms with Crippen LogP contribution in [0.2, 0.25) is 0 Å². The van der Waals surface area contributed by atoms with Gasteiger partial charge in [-0.25, -0.2) is 4.79 Å². The van der Waals surface area contributed by atoms with Gasteiger partial charge in [0.2, 0.25) is 0 Å². The number of benzene rings is 1. The van der Waals surface area contributed by atoms with E-state index in [9.17, 15) is 14.7 Å². The van der Waals surface area contributed by atoms with E-state index >= 15 is 0 Å². The van der Waals surface area contributed by atoms with Crippen LogP contribution in [0.15, 0.2) is 50.3 Å². The van der Waals surface area contributed by atoms with Gasteiger partial charge < -0.3 is 14.3 Å². The highest BCUT2D eigenvalue weighted by atomic mass is 32.1. The molecule has 118 valence electrons. The lowest BCUT2D eigenvalue weighted by Gasteiger charge is -2.07. The number of aryl methyl sites for hydroxylation is 1. The average Bonchev–Trinajstić information content (AvgIpc) is 3.03. The summed E-state index contributed by atoms with van der Waals surface area (Å²) >= 11 is 1.59. The number of carbonyl (C=O) groups is 1. The fraction of sp³-hybridized carbons (Fsp3) is 0.176. The Balaban J connectivity index is 1.69. The molecular formula is C17H14O5S. The molecule has 2 heterocycles. The topological polar surface area (TPSA) is 76.7 Å². The summed E-state index contributed by atoms with van der Waals surface area (Å²) in [5.41, 5.74) is 1.38. The number of fused-ring (bicyclic) bond motifs is 1. The number of esters is 1. The maximum atomic E-state index is 11.8. The molecule has 0 aliphatic rings. The summed E-state index contributed by atoms with van der Waals surface area (Å²) in [5, 5.41) is 14.0. The van der Waals surface area contributed by atoms with Crippen LogP contribution in [0.5, 0.6) is 5.75 Å². The smallest absolute Gasteiger partial charge is 0.336 e. The van der Waals surface area contributed by atoms with Crippen LogP contribution in [0.4, 0.5) is 0 Å². The van der Waals surface area contributed by atoms with E-state index in [0.29, 0.717) is 17.4 Å². The average molecular weight is 330 g/mol. The van der Waals surface area contributed by atoms with E-state index in [1.165, 1.54) is 18.2 Å². The quantitative estimate of drug-likeness (QED) is 0.574. The molecule has 0 saturated carbocycles. The zero-order chi connectivity index (χ0) is 16.2. The standard InChI is InChI=1S/C17H14O5S/c18-13-2-3-14-12(7-17(20)22-15(14)8-13)9-21-16(19)4-1-11-5-6-23-10-11/h2-3,5-8,10,18H,1,4,9H2. The third-order valence-electron chi connectivity index (χ3n) is 3.40. The van der Waals surface area contributed by atoms with Gasteiger partial charge in [0.15, 0.2) is 0 Å². The van der Waals surface area contributed by atoms with E-state index in [1.54, 1.807) is 17.4 Å². The first-order valence-corrected chi connectivity index (χ1v) is 7.98. The number of phenols is 1. The van der Waals surface area contributed by atoms with Gasteiger partial charge in [-0.1, -0.05) is 0 Å². The monoisotopic (exact) mass is 330 g/mol. The summed E-state index contributed by atoms with van der Waals surface area (Å²) in [6, 6.07) is 7.75. The van der Waals surface area contributed by atoms with Crippen molar-refractivity contribution in [3.05, 3.63) is 62.6 Å². The van der Waals surface area contributed by atoms with Crippen LogP contribution in [0, 0.1) is 0 Å². The van der Waals surface area contributed by atoms with Crippen LogP contribution in [-0.2, 0) is 22.6 Å². The first-order chi connectivity index (χ1) is 11.1. The molecule has 1 aromatic carbocycles. The maximum absolute atomic E-state index is 11.8. The Morgan fingerprint density at radius 1 is 1.26 bits per heavy atom. The van der Waals surface area contributed by atoms with Crippen molar-refractivity contribution in [2.24, 2.45) is 0 Å². The fourth-order valence-electron chi connectivity index (χ4n) is 2.25. The number of phenolic OH excluding ortho intramolecular Hbond substituents is 1. The fourth-order valence-corrected chi connectivity index (χ4v) is 2.95. The largest absolute Gasteiger partial charge is 0.508 e. The van der Waals surface area contributed by atoms with Gasteiger partial charge in [-0.15, -0.1) is 0 Å². The zero-order valence-corrected chi connectivity index (χ0v) is 13.0. The second kappa shape index (κ2) is 6.66. The lowest BCUT2D eigenvalue weighted by Crippen LogP contribution is -2.08. The minimum atomic E-state index is -0.549. The minimum Gasteiger partial charge on any atom is -0.508 e. The molecule has 1 N–H and O–H groups in total. The van der Waals surface area contributed by atoms with Crippen LogP contribution in [0.25, 0.3) is 11.0 Å². The van der Waals surface area contributed by atoms with Crippen molar-refractivity contribution < 1.29 is 19.1 Å². The molecule has 0 fully saturated rings. The molecule has 6 heteroatoms. The Hall–Kier alpha value is -2.60. The highest BCUT2D eigenvalue weighted by Crippen LogP contribution is 2.22. The second-order valence-electron chi connectivity index (χ2n) is 5.06. The molecular weight excluding hydrogens is 316 g/mol. The molecule has 3 aromatic rings. The van der Waals surface area contributed by atoms with E-state index in [0.717, 1.165) is 5.56 Å². The Morgan fingerprint density at radius 3 is 2.91 bits per heavy atom. The first-order valence-electron chi connectivity index (χ1n) is 7.04. The lowest BCUT2D eigenvalue weighted by molar-refractivity contribution is -0.144. The zero-order valence-electron chi connectivity index (χ0n) is 12.2. The summed E-state index contributed by atoms with van der Waals surface area (Å²) in [4.78, 5) is 23.4. The van der Waals surface area contributed by atoms with Gasteiger partial charge in [-0.05, 0) is 40.9 Å². The van der Waals surface area contributed by atoms with Gasteiger partial charge in [0.1, 0.15) is 17.9 Å². The number of aromatic hydroxyl groups is 1. The van der Waals surface area contributed by atoms with Gasteiger partial charge in [0.25, 0.3) is 0 Å². The molecule has 3 rings (SSSR count). The molecule has 0 aliphatic heterocycles. The van der Waals surface area contributed by atoms with Crippen molar-refractivity contribution in [1.29, 1.82) is 0 Å². The van der Waals surface area contributed by atoms with E-state index in [1.807, 2.05) is 16.8 Å². The predicted octanol–water partition coefficient (Wildman–Crippen LogP) is 3.24. The van der Waals surface area contributed by atoms with Crippen molar-refractivity contribution in [3.63, 3.8) is 0 Å².